The Balaban J connectivity index is 2.71. The number of hydrogen-bond donors (Lipinski definition) is 0. The summed E-state index contributed by atoms with van der Waals surface area (Å²) in [5.41, 5.74) is 0.0772. The van der Waals surface area contributed by atoms with Crippen molar-refractivity contribution in [1.82, 2.24) is 14.8 Å². The van der Waals surface area contributed by atoms with E-state index in [1.807, 2.05) is 7.05 Å². The number of aryl methyl sites for hydroxylation is 1. The minimum Gasteiger partial charge on any atom is -0.239 e. The number of hydrogen-bond acceptors (Lipinski definition) is 2. The molecule has 116 valence electrons. The summed E-state index contributed by atoms with van der Waals surface area (Å²) < 4.78 is 1.68. The lowest BCUT2D eigenvalue weighted by Gasteiger charge is -2.26. The van der Waals surface area contributed by atoms with Crippen LogP contribution >= 0.6 is 11.6 Å². The van der Waals surface area contributed by atoms with E-state index in [1.54, 1.807) is 4.68 Å². The minimum atomic E-state index is 0.0772. The largest absolute Gasteiger partial charge is 0.239 e. The van der Waals surface area contributed by atoms with Crippen molar-refractivity contribution < 1.29 is 0 Å². The molecule has 0 aliphatic rings. The van der Waals surface area contributed by atoms with Crippen LogP contribution in [0.5, 0.6) is 0 Å². The summed E-state index contributed by atoms with van der Waals surface area (Å²) in [6.07, 6.45) is 11.3. The number of halogens is 1. The molecule has 20 heavy (non-hydrogen) atoms. The second-order valence-electron chi connectivity index (χ2n) is 6.16. The highest BCUT2D eigenvalue weighted by molar-refractivity contribution is 6.28. The minimum absolute atomic E-state index is 0.0772. The van der Waals surface area contributed by atoms with Crippen LogP contribution in [0, 0.1) is 0 Å². The maximum absolute atomic E-state index is 6.07. The van der Waals surface area contributed by atoms with Crippen LogP contribution in [0.1, 0.15) is 84.4 Å². The van der Waals surface area contributed by atoms with Crippen molar-refractivity contribution in [2.45, 2.75) is 84.0 Å². The van der Waals surface area contributed by atoms with Crippen molar-refractivity contribution in [1.29, 1.82) is 0 Å². The zero-order chi connectivity index (χ0) is 15.0. The molecule has 1 heterocycles. The maximum atomic E-state index is 6.07. The van der Waals surface area contributed by atoms with Gasteiger partial charge in [-0.15, -0.1) is 0 Å². The summed E-state index contributed by atoms with van der Waals surface area (Å²) in [5.74, 6) is 0.928. The lowest BCUT2D eigenvalue weighted by atomic mass is 9.79. The summed E-state index contributed by atoms with van der Waals surface area (Å²) in [6, 6.07) is 0. The molecule has 0 aliphatic heterocycles. The first kappa shape index (κ1) is 17.5. The highest BCUT2D eigenvalue weighted by Crippen LogP contribution is 2.34. The average Bonchev–Trinajstić information content (AvgIpc) is 2.76. The molecule has 0 amide bonds. The Kier molecular flexibility index (Phi) is 7.57. The quantitative estimate of drug-likeness (QED) is 0.550. The Morgan fingerprint density at radius 2 is 1.55 bits per heavy atom. The topological polar surface area (TPSA) is 30.7 Å². The van der Waals surface area contributed by atoms with E-state index in [2.05, 4.69) is 30.9 Å². The SMILES string of the molecule is CCCCCCC(C)(CCCCC)c1nc(Cl)n(C)n1. The summed E-state index contributed by atoms with van der Waals surface area (Å²) >= 11 is 6.07. The highest BCUT2D eigenvalue weighted by atomic mass is 35.5. The molecular weight excluding hydrogens is 270 g/mol. The van der Waals surface area contributed by atoms with Gasteiger partial charge in [-0.1, -0.05) is 65.7 Å². The average molecular weight is 300 g/mol. The van der Waals surface area contributed by atoms with Crippen molar-refractivity contribution in [2.24, 2.45) is 7.05 Å². The number of nitrogens with zero attached hydrogens (tertiary/aromatic N) is 3. The number of aromatic nitrogens is 3. The predicted molar refractivity (Wildman–Crippen MR) is 86.3 cm³/mol. The molecule has 0 fully saturated rings. The van der Waals surface area contributed by atoms with Crippen LogP contribution in [0.25, 0.3) is 0 Å². The normalized spacial score (nSPS) is 14.4. The van der Waals surface area contributed by atoms with Gasteiger partial charge in [0.15, 0.2) is 5.82 Å². The molecule has 0 aromatic carbocycles. The second kappa shape index (κ2) is 8.66. The molecule has 1 unspecified atom stereocenters. The Hall–Kier alpha value is -0.570. The fourth-order valence-electron chi connectivity index (χ4n) is 2.68. The Morgan fingerprint density at radius 3 is 2.05 bits per heavy atom. The molecule has 4 heteroatoms. The number of rotatable bonds is 10. The molecule has 1 atom stereocenters. The Morgan fingerprint density at radius 1 is 1.00 bits per heavy atom. The molecule has 3 nitrogen and oxygen atoms in total. The lowest BCUT2D eigenvalue weighted by molar-refractivity contribution is 0.346. The first-order chi connectivity index (χ1) is 9.53. The highest BCUT2D eigenvalue weighted by Gasteiger charge is 2.30. The fraction of sp³-hybridized carbons (Fsp3) is 0.875. The van der Waals surface area contributed by atoms with Crippen LogP contribution in [0.15, 0.2) is 0 Å². The van der Waals surface area contributed by atoms with Crippen LogP contribution in [-0.2, 0) is 12.5 Å². The molecule has 0 N–H and O–H groups in total. The van der Waals surface area contributed by atoms with Crippen LogP contribution in [0.2, 0.25) is 5.28 Å². The third-order valence-corrected chi connectivity index (χ3v) is 4.49. The van der Waals surface area contributed by atoms with E-state index in [1.165, 1.54) is 44.9 Å². The van der Waals surface area contributed by atoms with Crippen molar-refractivity contribution >= 4 is 11.6 Å². The van der Waals surface area contributed by atoms with Crippen molar-refractivity contribution in [3.63, 3.8) is 0 Å². The number of unbranched alkanes of at least 4 members (excludes halogenated alkanes) is 5. The molecular formula is C16H30ClN3. The van der Waals surface area contributed by atoms with Gasteiger partial charge in [0.05, 0.1) is 0 Å². The molecule has 0 bridgehead atoms. The van der Waals surface area contributed by atoms with E-state index in [9.17, 15) is 0 Å². The Labute approximate surface area is 129 Å². The van der Waals surface area contributed by atoms with Gasteiger partial charge in [0.2, 0.25) is 5.28 Å². The maximum Gasteiger partial charge on any atom is 0.220 e. The molecule has 1 aromatic rings. The monoisotopic (exact) mass is 299 g/mol. The van der Waals surface area contributed by atoms with Crippen molar-refractivity contribution in [2.75, 3.05) is 0 Å². The zero-order valence-electron chi connectivity index (χ0n) is 13.6. The Bertz CT molecular complexity index is 370. The molecule has 1 rings (SSSR count). The third-order valence-electron chi connectivity index (χ3n) is 4.16. The summed E-state index contributed by atoms with van der Waals surface area (Å²) in [4.78, 5) is 4.48. The van der Waals surface area contributed by atoms with Crippen molar-refractivity contribution in [3.8, 4) is 0 Å². The van der Waals surface area contributed by atoms with Gasteiger partial charge in [0.1, 0.15) is 0 Å². The van der Waals surface area contributed by atoms with Crippen LogP contribution < -0.4 is 0 Å². The molecule has 0 spiro atoms. The third kappa shape index (κ3) is 5.08. The molecule has 0 aliphatic carbocycles. The van der Waals surface area contributed by atoms with Gasteiger partial charge >= 0.3 is 0 Å². The van der Waals surface area contributed by atoms with Crippen LogP contribution in [0.4, 0.5) is 0 Å². The van der Waals surface area contributed by atoms with E-state index in [-0.39, 0.29) is 5.41 Å². The van der Waals surface area contributed by atoms with E-state index >= 15 is 0 Å². The molecule has 0 saturated carbocycles. The van der Waals surface area contributed by atoms with E-state index in [4.69, 9.17) is 11.6 Å². The second-order valence-corrected chi connectivity index (χ2v) is 6.49. The van der Waals surface area contributed by atoms with Gasteiger partial charge in [-0.25, -0.2) is 9.67 Å². The molecule has 0 saturated heterocycles. The van der Waals surface area contributed by atoms with Gasteiger partial charge in [0.25, 0.3) is 0 Å². The van der Waals surface area contributed by atoms with Gasteiger partial charge in [-0.3, -0.25) is 0 Å². The van der Waals surface area contributed by atoms with Crippen LogP contribution in [-0.4, -0.2) is 14.8 Å². The van der Waals surface area contributed by atoms with E-state index in [0.29, 0.717) is 5.28 Å². The summed E-state index contributed by atoms with van der Waals surface area (Å²) in [6.45, 7) is 6.80. The zero-order valence-corrected chi connectivity index (χ0v) is 14.3. The smallest absolute Gasteiger partial charge is 0.220 e. The van der Waals surface area contributed by atoms with Gasteiger partial charge in [0, 0.05) is 12.5 Å². The first-order valence-corrected chi connectivity index (χ1v) is 8.48. The fourth-order valence-corrected chi connectivity index (χ4v) is 2.79. The van der Waals surface area contributed by atoms with Gasteiger partial charge in [-0.05, 0) is 24.4 Å². The van der Waals surface area contributed by atoms with Crippen LogP contribution in [0.3, 0.4) is 0 Å². The van der Waals surface area contributed by atoms with E-state index in [0.717, 1.165) is 18.7 Å². The van der Waals surface area contributed by atoms with Gasteiger partial charge < -0.3 is 0 Å². The van der Waals surface area contributed by atoms with E-state index < -0.39 is 0 Å². The van der Waals surface area contributed by atoms with Crippen molar-refractivity contribution in [3.05, 3.63) is 11.1 Å². The first-order valence-electron chi connectivity index (χ1n) is 8.10. The predicted octanol–water partition coefficient (Wildman–Crippen LogP) is 5.28. The standard InChI is InChI=1S/C16H30ClN3/c1-5-7-9-11-13-16(3,12-10-8-6-2)14-18-15(17)20(4)19-14/h5-13H2,1-4H3. The molecule has 1 aromatic heterocycles. The molecule has 0 radical (unpaired) electrons. The van der Waals surface area contributed by atoms with Gasteiger partial charge in [-0.2, -0.15) is 5.10 Å². The lowest BCUT2D eigenvalue weighted by Crippen LogP contribution is -2.24. The summed E-state index contributed by atoms with van der Waals surface area (Å²) in [7, 11) is 1.86. The summed E-state index contributed by atoms with van der Waals surface area (Å²) in [5, 5.41) is 5.03.